The summed E-state index contributed by atoms with van der Waals surface area (Å²) in [5.41, 5.74) is 2.16. The number of carbonyl (C=O) groups excluding carboxylic acids is 1. The molecule has 1 saturated heterocycles. The lowest BCUT2D eigenvalue weighted by molar-refractivity contribution is 0.254. The summed E-state index contributed by atoms with van der Waals surface area (Å²) >= 11 is 0. The Morgan fingerprint density at radius 3 is 2.70 bits per heavy atom. The van der Waals surface area contributed by atoms with Gasteiger partial charge in [-0.25, -0.2) is 4.79 Å². The summed E-state index contributed by atoms with van der Waals surface area (Å²) in [7, 11) is 2.00. The molecule has 2 rings (SSSR count). The van der Waals surface area contributed by atoms with E-state index in [1.165, 1.54) is 5.56 Å². The number of rotatable bonds is 3. The molecule has 4 heteroatoms. The van der Waals surface area contributed by atoms with E-state index in [1.807, 2.05) is 32.2 Å². The highest BCUT2D eigenvalue weighted by molar-refractivity contribution is 6.02. The maximum Gasteiger partial charge on any atom is 0.349 e. The fourth-order valence-electron chi connectivity index (χ4n) is 2.59. The number of anilines is 1. The molecule has 1 fully saturated rings. The van der Waals surface area contributed by atoms with Gasteiger partial charge in [-0.05, 0) is 31.4 Å². The number of nitrogens with zero attached hydrogens (tertiary/aromatic N) is 3. The molecule has 0 radical (unpaired) electrons. The van der Waals surface area contributed by atoms with Crippen LogP contribution in [0.4, 0.5) is 10.5 Å². The first kappa shape index (κ1) is 14.6. The molecule has 1 aliphatic heterocycles. The highest BCUT2D eigenvalue weighted by atomic mass is 16.2. The van der Waals surface area contributed by atoms with E-state index in [0.29, 0.717) is 6.54 Å². The number of amides is 2. The molecule has 4 nitrogen and oxygen atoms in total. The molecule has 0 N–H and O–H groups in total. The van der Waals surface area contributed by atoms with Crippen LogP contribution in [0.5, 0.6) is 0 Å². The third-order valence-electron chi connectivity index (χ3n) is 3.77. The first-order valence-corrected chi connectivity index (χ1v) is 7.35. The third kappa shape index (κ3) is 3.00. The molecular formula is C16H23N3O. The van der Waals surface area contributed by atoms with Gasteiger partial charge in [0.25, 0.3) is 0 Å². The number of amidine groups is 1. The zero-order chi connectivity index (χ0) is 14.5. The summed E-state index contributed by atoms with van der Waals surface area (Å²) in [6.07, 6.45) is 2.89. The van der Waals surface area contributed by atoms with Gasteiger partial charge < -0.3 is 4.90 Å². The van der Waals surface area contributed by atoms with Crippen molar-refractivity contribution >= 4 is 17.6 Å². The van der Waals surface area contributed by atoms with E-state index >= 15 is 0 Å². The van der Waals surface area contributed by atoms with Crippen LogP contribution in [-0.4, -0.2) is 36.9 Å². The molecule has 108 valence electrons. The number of benzene rings is 1. The first-order valence-electron chi connectivity index (χ1n) is 7.35. The van der Waals surface area contributed by atoms with E-state index in [1.54, 1.807) is 4.90 Å². The monoisotopic (exact) mass is 273 g/mol. The molecule has 0 saturated carbocycles. The van der Waals surface area contributed by atoms with Crippen LogP contribution in [0, 0.1) is 0 Å². The number of hydrogen-bond donors (Lipinski definition) is 0. The summed E-state index contributed by atoms with van der Waals surface area (Å²) in [6, 6.07) is 7.90. The minimum absolute atomic E-state index is 0.155. The number of aryl methyl sites for hydroxylation is 1. The molecule has 1 aliphatic rings. The number of likely N-dealkylation sites (tertiary alicyclic amines) is 1. The largest absolute Gasteiger partial charge is 0.363 e. The van der Waals surface area contributed by atoms with Gasteiger partial charge in [0, 0.05) is 32.2 Å². The molecule has 0 spiro atoms. The number of hydrogen-bond acceptors (Lipinski definition) is 1. The first-order chi connectivity index (χ1) is 9.67. The highest BCUT2D eigenvalue weighted by Crippen LogP contribution is 2.22. The van der Waals surface area contributed by atoms with E-state index < -0.39 is 0 Å². The molecule has 0 unspecified atom stereocenters. The number of carbonyl (C=O) groups is 1. The molecule has 1 aromatic rings. The number of aliphatic imine (C=N–C) groups is 1. The second-order valence-electron chi connectivity index (χ2n) is 5.06. The lowest BCUT2D eigenvalue weighted by atomic mass is 10.1. The number of para-hydroxylation sites is 1. The summed E-state index contributed by atoms with van der Waals surface area (Å²) in [6.45, 7) is 5.72. The summed E-state index contributed by atoms with van der Waals surface area (Å²) < 4.78 is 0. The molecule has 20 heavy (non-hydrogen) atoms. The Hall–Kier alpha value is -1.84. The van der Waals surface area contributed by atoms with E-state index in [9.17, 15) is 4.79 Å². The van der Waals surface area contributed by atoms with E-state index in [0.717, 1.165) is 37.3 Å². The second-order valence-corrected chi connectivity index (χ2v) is 5.06. The normalized spacial score (nSPS) is 16.8. The van der Waals surface area contributed by atoms with Crippen LogP contribution in [0.2, 0.25) is 0 Å². The van der Waals surface area contributed by atoms with Crippen LogP contribution in [-0.2, 0) is 6.42 Å². The van der Waals surface area contributed by atoms with Crippen molar-refractivity contribution in [2.24, 2.45) is 4.99 Å². The molecule has 0 bridgehead atoms. The summed E-state index contributed by atoms with van der Waals surface area (Å²) in [5.74, 6) is 0.905. The smallest absolute Gasteiger partial charge is 0.349 e. The van der Waals surface area contributed by atoms with E-state index in [-0.39, 0.29) is 6.03 Å². The van der Waals surface area contributed by atoms with Crippen molar-refractivity contribution in [2.45, 2.75) is 33.1 Å². The van der Waals surface area contributed by atoms with Gasteiger partial charge in [0.2, 0.25) is 0 Å². The fourth-order valence-corrected chi connectivity index (χ4v) is 2.59. The van der Waals surface area contributed by atoms with Gasteiger partial charge in [0.15, 0.2) is 0 Å². The van der Waals surface area contributed by atoms with Crippen molar-refractivity contribution in [2.75, 3.05) is 25.0 Å². The van der Waals surface area contributed by atoms with Crippen molar-refractivity contribution in [1.82, 2.24) is 4.90 Å². The Kier molecular flexibility index (Phi) is 4.77. The quantitative estimate of drug-likeness (QED) is 0.847. The van der Waals surface area contributed by atoms with Crippen molar-refractivity contribution in [1.29, 1.82) is 0 Å². The van der Waals surface area contributed by atoms with Gasteiger partial charge in [-0.2, -0.15) is 4.99 Å². The standard InChI is InChI=1S/C16H23N3O/c1-4-13-9-6-7-10-14(13)19(5-2)16(20)17-15-11-8-12-18(15)3/h6-7,9-10H,4-5,8,11-12H2,1-3H3/b17-15-. The minimum atomic E-state index is -0.155. The third-order valence-corrected chi connectivity index (χ3v) is 3.77. The molecule has 1 aromatic carbocycles. The highest BCUT2D eigenvalue weighted by Gasteiger charge is 2.20. The zero-order valence-electron chi connectivity index (χ0n) is 12.6. The SMILES string of the molecule is CCc1ccccc1N(CC)C(=O)/N=C1/CCCN1C. The molecule has 0 aliphatic carbocycles. The Morgan fingerprint density at radius 1 is 1.35 bits per heavy atom. The van der Waals surface area contributed by atoms with Crippen molar-refractivity contribution in [3.05, 3.63) is 29.8 Å². The average Bonchev–Trinajstić information content (AvgIpc) is 2.85. The Labute approximate surface area is 121 Å². The lowest BCUT2D eigenvalue weighted by Gasteiger charge is -2.22. The van der Waals surface area contributed by atoms with Crippen LogP contribution in [0.3, 0.4) is 0 Å². The Balaban J connectivity index is 2.25. The minimum Gasteiger partial charge on any atom is -0.363 e. The van der Waals surface area contributed by atoms with Gasteiger partial charge in [0.05, 0.1) is 0 Å². The summed E-state index contributed by atoms with van der Waals surface area (Å²) in [4.78, 5) is 20.6. The van der Waals surface area contributed by atoms with E-state index in [4.69, 9.17) is 0 Å². The fraction of sp³-hybridized carbons (Fsp3) is 0.500. The van der Waals surface area contributed by atoms with Gasteiger partial charge in [-0.3, -0.25) is 4.90 Å². The molecule has 0 atom stereocenters. The van der Waals surface area contributed by atoms with Crippen molar-refractivity contribution < 1.29 is 4.79 Å². The maximum absolute atomic E-state index is 12.5. The average molecular weight is 273 g/mol. The number of urea groups is 1. The zero-order valence-corrected chi connectivity index (χ0v) is 12.6. The van der Waals surface area contributed by atoms with Crippen molar-refractivity contribution in [3.8, 4) is 0 Å². The topological polar surface area (TPSA) is 35.9 Å². The van der Waals surface area contributed by atoms with Crippen LogP contribution >= 0.6 is 0 Å². The van der Waals surface area contributed by atoms with Gasteiger partial charge in [-0.15, -0.1) is 0 Å². The van der Waals surface area contributed by atoms with Crippen molar-refractivity contribution in [3.63, 3.8) is 0 Å². The molecule has 2 amide bonds. The molecular weight excluding hydrogens is 250 g/mol. The van der Waals surface area contributed by atoms with Gasteiger partial charge in [0.1, 0.15) is 5.84 Å². The second kappa shape index (κ2) is 6.55. The maximum atomic E-state index is 12.5. The Bertz CT molecular complexity index is 510. The predicted octanol–water partition coefficient (Wildman–Crippen LogP) is 3.32. The van der Waals surface area contributed by atoms with Crippen LogP contribution in [0.1, 0.15) is 32.3 Å². The Morgan fingerprint density at radius 2 is 2.10 bits per heavy atom. The van der Waals surface area contributed by atoms with E-state index in [2.05, 4.69) is 22.9 Å². The van der Waals surface area contributed by atoms with Crippen LogP contribution < -0.4 is 4.90 Å². The lowest BCUT2D eigenvalue weighted by Crippen LogP contribution is -2.31. The van der Waals surface area contributed by atoms with Crippen LogP contribution in [0.15, 0.2) is 29.3 Å². The predicted molar refractivity (Wildman–Crippen MR) is 83.5 cm³/mol. The molecule has 0 aromatic heterocycles. The molecule has 1 heterocycles. The van der Waals surface area contributed by atoms with Gasteiger partial charge >= 0.3 is 6.03 Å². The van der Waals surface area contributed by atoms with Gasteiger partial charge in [-0.1, -0.05) is 25.1 Å². The van der Waals surface area contributed by atoms with Crippen LogP contribution in [0.25, 0.3) is 0 Å². The summed E-state index contributed by atoms with van der Waals surface area (Å²) in [5, 5.41) is 0.